The van der Waals surface area contributed by atoms with Gasteiger partial charge in [0.25, 0.3) is 10.0 Å². The van der Waals surface area contributed by atoms with Gasteiger partial charge in [-0.25, -0.2) is 8.42 Å². The zero-order valence-electron chi connectivity index (χ0n) is 21.9. The number of carbonyl (C=O) groups excluding carboxylic acids is 2. The van der Waals surface area contributed by atoms with E-state index in [4.69, 9.17) is 11.6 Å². The van der Waals surface area contributed by atoms with Crippen LogP contribution in [0.3, 0.4) is 0 Å². The van der Waals surface area contributed by atoms with Crippen molar-refractivity contribution in [2.24, 2.45) is 0 Å². The maximum Gasteiger partial charge on any atom is 0.250 e. The lowest BCUT2D eigenvalue weighted by Crippen LogP contribution is -2.55. The molecule has 2 unspecified atom stereocenters. The molecule has 2 fully saturated rings. The number of hydrogen-bond donors (Lipinski definition) is 1. The number of fused-ring (bicyclic) bond motifs is 1. The lowest BCUT2D eigenvalue weighted by Gasteiger charge is -2.37. The number of thiophene rings is 1. The van der Waals surface area contributed by atoms with Crippen LogP contribution in [0.2, 0.25) is 5.02 Å². The summed E-state index contributed by atoms with van der Waals surface area (Å²) in [5.74, 6) is -0.401. The van der Waals surface area contributed by atoms with E-state index in [0.29, 0.717) is 43.0 Å². The Kier molecular flexibility index (Phi) is 8.85. The van der Waals surface area contributed by atoms with E-state index < -0.39 is 16.1 Å². The van der Waals surface area contributed by atoms with E-state index in [9.17, 15) is 18.0 Å². The Bertz CT molecular complexity index is 1240. The van der Waals surface area contributed by atoms with Gasteiger partial charge < -0.3 is 9.80 Å². The number of sulfonamides is 1. The molecule has 2 aliphatic rings. The molecule has 2 amide bonds. The van der Waals surface area contributed by atoms with Crippen LogP contribution in [0.5, 0.6) is 0 Å². The Morgan fingerprint density at radius 2 is 1.84 bits per heavy atom. The molecule has 2 saturated heterocycles. The summed E-state index contributed by atoms with van der Waals surface area (Å²) in [6, 6.07) is 6.83. The SMILES string of the molecule is CC(C)N(CC1CCCN1C(=O)CN1CCCC(NS(=O)(=O)c2cc3ccc(Cl)cc3s2)C1=O)C(C)C. The first kappa shape index (κ1) is 28.3. The fourth-order valence-electron chi connectivity index (χ4n) is 5.43. The molecule has 4 rings (SSSR count). The predicted molar refractivity (Wildman–Crippen MR) is 148 cm³/mol. The van der Waals surface area contributed by atoms with Crippen LogP contribution in [0.15, 0.2) is 28.5 Å². The van der Waals surface area contributed by atoms with E-state index in [1.807, 2.05) is 4.90 Å². The van der Waals surface area contributed by atoms with Crippen molar-refractivity contribution in [1.29, 1.82) is 0 Å². The summed E-state index contributed by atoms with van der Waals surface area (Å²) in [5.41, 5.74) is 0. The summed E-state index contributed by atoms with van der Waals surface area (Å²) in [4.78, 5) is 32.4. The first-order valence-electron chi connectivity index (χ1n) is 13.0. The van der Waals surface area contributed by atoms with Crippen LogP contribution in [-0.2, 0) is 19.6 Å². The van der Waals surface area contributed by atoms with Crippen LogP contribution in [0.1, 0.15) is 53.4 Å². The van der Waals surface area contributed by atoms with Crippen molar-refractivity contribution in [3.8, 4) is 0 Å². The van der Waals surface area contributed by atoms with Gasteiger partial charge in [-0.15, -0.1) is 11.3 Å². The molecule has 2 aromatic rings. The molecule has 2 aliphatic heterocycles. The number of benzene rings is 1. The number of nitrogens with one attached hydrogen (secondary N) is 1. The topological polar surface area (TPSA) is 90.0 Å². The van der Waals surface area contributed by atoms with Crippen LogP contribution in [0.25, 0.3) is 10.1 Å². The number of nitrogens with zero attached hydrogens (tertiary/aromatic N) is 3. The predicted octanol–water partition coefficient (Wildman–Crippen LogP) is 3.93. The lowest BCUT2D eigenvalue weighted by atomic mass is 10.1. The smallest absolute Gasteiger partial charge is 0.250 e. The fourth-order valence-corrected chi connectivity index (χ4v) is 8.35. The highest BCUT2D eigenvalue weighted by molar-refractivity contribution is 7.91. The maximum absolute atomic E-state index is 13.3. The van der Waals surface area contributed by atoms with Gasteiger partial charge in [0, 0.05) is 47.5 Å². The van der Waals surface area contributed by atoms with Crippen LogP contribution in [0.4, 0.5) is 0 Å². The molecule has 1 aromatic heterocycles. The second-order valence-corrected chi connectivity index (χ2v) is 14.1. The first-order chi connectivity index (χ1) is 17.5. The number of halogens is 1. The van der Waals surface area contributed by atoms with Gasteiger partial charge in [0.1, 0.15) is 10.3 Å². The quantitative estimate of drug-likeness (QED) is 0.495. The third-order valence-corrected chi connectivity index (χ3v) is 10.6. The molecule has 0 radical (unpaired) electrons. The molecule has 0 bridgehead atoms. The largest absolute Gasteiger partial charge is 0.337 e. The highest BCUT2D eigenvalue weighted by atomic mass is 35.5. The van der Waals surface area contributed by atoms with E-state index in [-0.39, 0.29) is 28.6 Å². The Balaban J connectivity index is 1.41. The van der Waals surface area contributed by atoms with Crippen molar-refractivity contribution >= 4 is 54.9 Å². The number of hydrogen-bond acceptors (Lipinski definition) is 6. The first-order valence-corrected chi connectivity index (χ1v) is 15.7. The Morgan fingerprint density at radius 3 is 2.54 bits per heavy atom. The second kappa shape index (κ2) is 11.6. The van der Waals surface area contributed by atoms with E-state index in [1.54, 1.807) is 24.3 Å². The zero-order valence-corrected chi connectivity index (χ0v) is 24.3. The van der Waals surface area contributed by atoms with Gasteiger partial charge in [0.05, 0.1) is 6.54 Å². The molecular weight excluding hydrogens is 532 g/mol. The van der Waals surface area contributed by atoms with Gasteiger partial charge in [-0.2, -0.15) is 4.72 Å². The highest BCUT2D eigenvalue weighted by Crippen LogP contribution is 2.31. The van der Waals surface area contributed by atoms with Gasteiger partial charge in [-0.05, 0) is 77.0 Å². The molecular formula is C26H37ClN4O4S2. The van der Waals surface area contributed by atoms with Gasteiger partial charge in [-0.3, -0.25) is 14.5 Å². The second-order valence-electron chi connectivity index (χ2n) is 10.6. The number of amides is 2. The van der Waals surface area contributed by atoms with Crippen LogP contribution in [0, 0.1) is 0 Å². The number of carbonyl (C=O) groups is 2. The van der Waals surface area contributed by atoms with Crippen molar-refractivity contribution in [3.63, 3.8) is 0 Å². The minimum atomic E-state index is -3.90. The normalized spacial score (nSPS) is 21.2. The van der Waals surface area contributed by atoms with E-state index in [2.05, 4.69) is 37.3 Å². The Hall–Kier alpha value is -1.72. The summed E-state index contributed by atoms with van der Waals surface area (Å²) in [7, 11) is -3.90. The highest BCUT2D eigenvalue weighted by Gasteiger charge is 2.37. The van der Waals surface area contributed by atoms with Gasteiger partial charge in [0.2, 0.25) is 11.8 Å². The summed E-state index contributed by atoms with van der Waals surface area (Å²) < 4.78 is 29.7. The standard InChI is InChI=1S/C26H37ClN4O4S2/c1-17(2)31(18(3)4)15-21-7-5-12-30(21)24(32)16-29-11-6-8-22(26(29)33)28-37(34,35)25-13-19-9-10-20(27)14-23(19)36-25/h9-10,13-14,17-18,21-22,28H,5-8,11-12,15-16H2,1-4H3. The molecule has 1 N–H and O–H groups in total. The summed E-state index contributed by atoms with van der Waals surface area (Å²) in [5, 5.41) is 1.32. The van der Waals surface area contributed by atoms with Crippen LogP contribution >= 0.6 is 22.9 Å². The molecule has 204 valence electrons. The molecule has 0 spiro atoms. The van der Waals surface area contributed by atoms with Gasteiger partial charge >= 0.3 is 0 Å². The van der Waals surface area contributed by atoms with Crippen LogP contribution < -0.4 is 4.72 Å². The Morgan fingerprint density at radius 1 is 1.14 bits per heavy atom. The maximum atomic E-state index is 13.3. The summed E-state index contributed by atoms with van der Waals surface area (Å²) in [6.45, 7) is 10.6. The third kappa shape index (κ3) is 6.47. The van der Waals surface area contributed by atoms with Crippen molar-refractivity contribution in [2.45, 2.75) is 81.8 Å². The number of piperidine rings is 1. The zero-order chi connectivity index (χ0) is 26.9. The molecule has 11 heteroatoms. The average molecular weight is 569 g/mol. The molecule has 37 heavy (non-hydrogen) atoms. The molecule has 0 aliphatic carbocycles. The van der Waals surface area contributed by atoms with Crippen molar-refractivity contribution in [3.05, 3.63) is 29.3 Å². The van der Waals surface area contributed by atoms with Gasteiger partial charge in [0.15, 0.2) is 0 Å². The molecule has 1 aromatic carbocycles. The minimum absolute atomic E-state index is 0.0156. The molecule has 2 atom stereocenters. The lowest BCUT2D eigenvalue weighted by molar-refractivity contribution is -0.143. The van der Waals surface area contributed by atoms with Gasteiger partial charge in [-0.1, -0.05) is 17.7 Å². The summed E-state index contributed by atoms with van der Waals surface area (Å²) in [6.07, 6.45) is 2.95. The van der Waals surface area contributed by atoms with E-state index >= 15 is 0 Å². The third-order valence-electron chi connectivity index (χ3n) is 7.32. The molecule has 8 nitrogen and oxygen atoms in total. The minimum Gasteiger partial charge on any atom is -0.337 e. The van der Waals surface area contributed by atoms with Crippen molar-refractivity contribution in [1.82, 2.24) is 19.4 Å². The van der Waals surface area contributed by atoms with E-state index in [1.165, 1.54) is 4.90 Å². The van der Waals surface area contributed by atoms with Crippen molar-refractivity contribution < 1.29 is 18.0 Å². The monoisotopic (exact) mass is 568 g/mol. The Labute approximate surface area is 229 Å². The number of rotatable bonds is 9. The number of likely N-dealkylation sites (tertiary alicyclic amines) is 2. The fraction of sp³-hybridized carbons (Fsp3) is 0.615. The van der Waals surface area contributed by atoms with Crippen LogP contribution in [-0.4, -0.2) is 85.3 Å². The average Bonchev–Trinajstić information content (AvgIpc) is 3.46. The van der Waals surface area contributed by atoms with E-state index in [0.717, 1.165) is 40.8 Å². The molecule has 3 heterocycles. The van der Waals surface area contributed by atoms with Crippen molar-refractivity contribution in [2.75, 3.05) is 26.2 Å². The molecule has 0 saturated carbocycles. The summed E-state index contributed by atoms with van der Waals surface area (Å²) >= 11 is 7.16.